The molecule has 0 saturated heterocycles. The molecule has 1 fully saturated rings. The summed E-state index contributed by atoms with van der Waals surface area (Å²) in [6.45, 7) is 5.02. The van der Waals surface area contributed by atoms with Gasteiger partial charge >= 0.3 is 0 Å². The summed E-state index contributed by atoms with van der Waals surface area (Å²) in [6.07, 6.45) is 11.2. The number of hydrogen-bond donors (Lipinski definition) is 0. The van der Waals surface area contributed by atoms with Crippen molar-refractivity contribution in [3.8, 4) is 16.9 Å². The molecule has 4 rings (SSSR count). The molecule has 1 unspecified atom stereocenters. The molecule has 2 aliphatic rings. The summed E-state index contributed by atoms with van der Waals surface area (Å²) in [6, 6.07) is 10.7. The largest absolute Gasteiger partial charge is 0.491 e. The summed E-state index contributed by atoms with van der Waals surface area (Å²) in [7, 11) is 0. The maximum Gasteiger partial charge on any atom is 0.201 e. The maximum absolute atomic E-state index is 14.5. The van der Waals surface area contributed by atoms with Gasteiger partial charge in [0.25, 0.3) is 0 Å². The lowest BCUT2D eigenvalue weighted by atomic mass is 9.76. The SMILES string of the molecule is CCCC1CCC(C2=CCC(c3ccc(-c4ccc(OCC)c(F)c4F)cc3)OC2)CC1. The molecule has 0 amide bonds. The Morgan fingerprint density at radius 3 is 2.31 bits per heavy atom. The van der Waals surface area contributed by atoms with E-state index in [9.17, 15) is 8.78 Å². The van der Waals surface area contributed by atoms with Gasteiger partial charge in [-0.3, -0.25) is 0 Å². The molecule has 172 valence electrons. The molecule has 32 heavy (non-hydrogen) atoms. The molecule has 2 aromatic carbocycles. The van der Waals surface area contributed by atoms with E-state index in [1.165, 1.54) is 50.2 Å². The average Bonchev–Trinajstić information content (AvgIpc) is 2.83. The summed E-state index contributed by atoms with van der Waals surface area (Å²) in [5.74, 6) is -0.267. The Bertz CT molecular complexity index is 927. The smallest absolute Gasteiger partial charge is 0.201 e. The van der Waals surface area contributed by atoms with Crippen molar-refractivity contribution in [1.29, 1.82) is 0 Å². The number of ether oxygens (including phenoxy) is 2. The lowest BCUT2D eigenvalue weighted by Gasteiger charge is -2.33. The molecule has 4 heteroatoms. The molecule has 0 N–H and O–H groups in total. The Balaban J connectivity index is 1.39. The molecule has 1 heterocycles. The van der Waals surface area contributed by atoms with E-state index in [0.29, 0.717) is 24.7 Å². The molecular weight excluding hydrogens is 406 g/mol. The maximum atomic E-state index is 14.5. The highest BCUT2D eigenvalue weighted by Gasteiger charge is 2.26. The van der Waals surface area contributed by atoms with Gasteiger partial charge in [0.15, 0.2) is 11.6 Å². The molecule has 0 radical (unpaired) electrons. The van der Waals surface area contributed by atoms with Crippen LogP contribution in [-0.2, 0) is 4.74 Å². The standard InChI is InChI=1S/C28H34F2O2/c1-3-5-19-6-8-20(9-7-19)23-14-16-25(32-18-23)22-12-10-21(11-13-22)24-15-17-26(31-4-2)28(30)27(24)29/h10-15,17,19-20,25H,3-9,16,18H2,1-2H3. The van der Waals surface area contributed by atoms with Crippen molar-refractivity contribution in [2.24, 2.45) is 11.8 Å². The molecule has 0 spiro atoms. The van der Waals surface area contributed by atoms with Gasteiger partial charge in [-0.05, 0) is 79.7 Å². The molecule has 2 aromatic rings. The fraction of sp³-hybridized carbons (Fsp3) is 0.500. The normalized spacial score (nSPS) is 23.6. The number of rotatable bonds is 7. The van der Waals surface area contributed by atoms with Crippen LogP contribution in [0.15, 0.2) is 48.0 Å². The van der Waals surface area contributed by atoms with Crippen molar-refractivity contribution in [3.05, 3.63) is 65.2 Å². The van der Waals surface area contributed by atoms with Crippen LogP contribution in [0, 0.1) is 23.5 Å². The summed E-state index contributed by atoms with van der Waals surface area (Å²) in [4.78, 5) is 0. The third-order valence-electron chi connectivity index (χ3n) is 7.05. The van der Waals surface area contributed by atoms with Gasteiger partial charge in [0.05, 0.1) is 19.3 Å². The zero-order valence-corrected chi connectivity index (χ0v) is 19.2. The molecule has 1 aliphatic carbocycles. The van der Waals surface area contributed by atoms with Gasteiger partial charge in [-0.25, -0.2) is 4.39 Å². The first-order valence-corrected chi connectivity index (χ1v) is 12.1. The lowest BCUT2D eigenvalue weighted by Crippen LogP contribution is -2.21. The van der Waals surface area contributed by atoms with E-state index >= 15 is 0 Å². The predicted molar refractivity (Wildman–Crippen MR) is 125 cm³/mol. The van der Waals surface area contributed by atoms with Crippen LogP contribution in [0.1, 0.15) is 70.5 Å². The summed E-state index contributed by atoms with van der Waals surface area (Å²) < 4.78 is 40.1. The highest BCUT2D eigenvalue weighted by Crippen LogP contribution is 2.39. The van der Waals surface area contributed by atoms with Crippen LogP contribution in [-0.4, -0.2) is 13.2 Å². The van der Waals surface area contributed by atoms with E-state index in [1.54, 1.807) is 13.0 Å². The highest BCUT2D eigenvalue weighted by atomic mass is 19.2. The number of hydrogen-bond acceptors (Lipinski definition) is 2. The minimum absolute atomic E-state index is 0.0196. The van der Waals surface area contributed by atoms with E-state index in [2.05, 4.69) is 13.0 Å². The van der Waals surface area contributed by atoms with Crippen molar-refractivity contribution in [1.82, 2.24) is 0 Å². The minimum Gasteiger partial charge on any atom is -0.491 e. The topological polar surface area (TPSA) is 18.5 Å². The van der Waals surface area contributed by atoms with Gasteiger partial charge in [0.2, 0.25) is 5.82 Å². The fourth-order valence-corrected chi connectivity index (χ4v) is 5.23. The monoisotopic (exact) mass is 440 g/mol. The van der Waals surface area contributed by atoms with Crippen molar-refractivity contribution in [2.45, 2.75) is 64.9 Å². The van der Waals surface area contributed by atoms with E-state index in [4.69, 9.17) is 9.47 Å². The molecule has 1 atom stereocenters. The first-order chi connectivity index (χ1) is 15.6. The second-order valence-electron chi connectivity index (χ2n) is 9.11. The fourth-order valence-electron chi connectivity index (χ4n) is 5.23. The Morgan fingerprint density at radius 2 is 1.69 bits per heavy atom. The summed E-state index contributed by atoms with van der Waals surface area (Å²) in [5.41, 5.74) is 3.43. The third-order valence-corrected chi connectivity index (χ3v) is 7.05. The van der Waals surface area contributed by atoms with Crippen molar-refractivity contribution in [3.63, 3.8) is 0 Å². The average molecular weight is 441 g/mol. The van der Waals surface area contributed by atoms with Crippen molar-refractivity contribution < 1.29 is 18.3 Å². The van der Waals surface area contributed by atoms with Gasteiger partial charge in [-0.1, -0.05) is 50.1 Å². The van der Waals surface area contributed by atoms with Crippen LogP contribution in [0.25, 0.3) is 11.1 Å². The molecule has 0 bridgehead atoms. The van der Waals surface area contributed by atoms with Gasteiger partial charge in [-0.15, -0.1) is 0 Å². The highest BCUT2D eigenvalue weighted by molar-refractivity contribution is 5.65. The first-order valence-electron chi connectivity index (χ1n) is 12.1. The van der Waals surface area contributed by atoms with E-state index in [1.807, 2.05) is 24.3 Å². The molecule has 2 nitrogen and oxygen atoms in total. The summed E-state index contributed by atoms with van der Waals surface area (Å²) >= 11 is 0. The molecule has 1 aliphatic heterocycles. The zero-order valence-electron chi connectivity index (χ0n) is 19.2. The second kappa shape index (κ2) is 10.6. The quantitative estimate of drug-likeness (QED) is 0.406. The Hall–Kier alpha value is -2.20. The van der Waals surface area contributed by atoms with E-state index < -0.39 is 11.6 Å². The molecule has 1 saturated carbocycles. The number of benzene rings is 2. The van der Waals surface area contributed by atoms with Gasteiger partial charge in [-0.2, -0.15) is 4.39 Å². The van der Waals surface area contributed by atoms with Crippen molar-refractivity contribution >= 4 is 0 Å². The zero-order chi connectivity index (χ0) is 22.5. The number of halogens is 2. The Kier molecular flexibility index (Phi) is 7.62. The van der Waals surface area contributed by atoms with Crippen LogP contribution in [0.3, 0.4) is 0 Å². The lowest BCUT2D eigenvalue weighted by molar-refractivity contribution is 0.0536. The Labute approximate surface area is 190 Å². The van der Waals surface area contributed by atoms with Crippen LogP contribution in [0.5, 0.6) is 5.75 Å². The first kappa shape index (κ1) is 23.0. The molecular formula is C28H34F2O2. The minimum atomic E-state index is -0.939. The van der Waals surface area contributed by atoms with Gasteiger partial charge in [0, 0.05) is 5.56 Å². The van der Waals surface area contributed by atoms with Crippen LogP contribution in [0.4, 0.5) is 8.78 Å². The molecule has 0 aromatic heterocycles. The second-order valence-corrected chi connectivity index (χ2v) is 9.11. The van der Waals surface area contributed by atoms with Crippen LogP contribution < -0.4 is 4.74 Å². The third kappa shape index (κ3) is 5.06. The van der Waals surface area contributed by atoms with Gasteiger partial charge < -0.3 is 9.47 Å². The predicted octanol–water partition coefficient (Wildman–Crippen LogP) is 8.02. The van der Waals surface area contributed by atoms with Crippen molar-refractivity contribution in [2.75, 3.05) is 13.2 Å². The van der Waals surface area contributed by atoms with E-state index in [-0.39, 0.29) is 17.4 Å². The summed E-state index contributed by atoms with van der Waals surface area (Å²) in [5, 5.41) is 0. The van der Waals surface area contributed by atoms with Crippen LogP contribution >= 0.6 is 0 Å². The Morgan fingerprint density at radius 1 is 0.938 bits per heavy atom. The van der Waals surface area contributed by atoms with Gasteiger partial charge in [0.1, 0.15) is 0 Å². The van der Waals surface area contributed by atoms with E-state index in [0.717, 1.165) is 17.9 Å². The van der Waals surface area contributed by atoms with Crippen LogP contribution in [0.2, 0.25) is 0 Å².